The molecule has 0 aromatic heterocycles. The van der Waals surface area contributed by atoms with Crippen LogP contribution in [-0.4, -0.2) is 33.0 Å². The predicted molar refractivity (Wildman–Crippen MR) is 68.5 cm³/mol. The molecule has 2 rings (SSSR count). The zero-order chi connectivity index (χ0) is 16.5. The Bertz CT molecular complexity index is 674. The number of nitrogens with zero attached hydrogens (tertiary/aromatic N) is 1. The molecule has 1 heterocycles. The second-order valence-electron chi connectivity index (χ2n) is 4.83. The van der Waals surface area contributed by atoms with Gasteiger partial charge in [-0.2, -0.15) is 8.42 Å². The summed E-state index contributed by atoms with van der Waals surface area (Å²) >= 11 is 0. The predicted octanol–water partition coefficient (Wildman–Crippen LogP) is 2.24. The van der Waals surface area contributed by atoms with Crippen LogP contribution in [0.15, 0.2) is 24.3 Å². The van der Waals surface area contributed by atoms with Crippen LogP contribution in [0.4, 0.5) is 22.7 Å². The van der Waals surface area contributed by atoms with Crippen LogP contribution in [0, 0.1) is 5.92 Å². The topological polar surface area (TPSA) is 63.7 Å². The van der Waals surface area contributed by atoms with E-state index < -0.39 is 39.9 Å². The lowest BCUT2D eigenvalue weighted by molar-refractivity contribution is -0.274. The highest BCUT2D eigenvalue weighted by Crippen LogP contribution is 2.30. The second-order valence-corrected chi connectivity index (χ2v) is 6.24. The molecule has 0 spiro atoms. The fourth-order valence-corrected chi connectivity index (χ4v) is 3.06. The SMILES string of the molecule is O=C1CC(CS(=O)(=O)F)CN1c1cccc(OC(F)(F)F)c1. The van der Waals surface area contributed by atoms with E-state index in [0.29, 0.717) is 0 Å². The molecule has 122 valence electrons. The molecule has 1 fully saturated rings. The number of anilines is 1. The number of ether oxygens (including phenoxy) is 1. The van der Waals surface area contributed by atoms with Crippen molar-refractivity contribution in [1.29, 1.82) is 0 Å². The van der Waals surface area contributed by atoms with E-state index in [1.54, 1.807) is 0 Å². The van der Waals surface area contributed by atoms with Crippen LogP contribution >= 0.6 is 0 Å². The first-order valence-electron chi connectivity index (χ1n) is 6.12. The summed E-state index contributed by atoms with van der Waals surface area (Å²) in [5, 5.41) is 0. The quantitative estimate of drug-likeness (QED) is 0.622. The molecule has 0 aliphatic carbocycles. The van der Waals surface area contributed by atoms with Crippen LogP contribution in [0.25, 0.3) is 0 Å². The first-order chi connectivity index (χ1) is 10.0. The second kappa shape index (κ2) is 5.75. The lowest BCUT2D eigenvalue weighted by Crippen LogP contribution is -2.25. The molecule has 1 aromatic carbocycles. The largest absolute Gasteiger partial charge is 0.573 e. The van der Waals surface area contributed by atoms with Gasteiger partial charge in [0.25, 0.3) is 0 Å². The first kappa shape index (κ1) is 16.5. The van der Waals surface area contributed by atoms with Gasteiger partial charge in [0.05, 0.1) is 5.75 Å². The fraction of sp³-hybridized carbons (Fsp3) is 0.417. The lowest BCUT2D eigenvalue weighted by Gasteiger charge is -2.18. The molecule has 0 radical (unpaired) electrons. The number of benzene rings is 1. The molecule has 1 unspecified atom stereocenters. The fourth-order valence-electron chi connectivity index (χ4n) is 2.27. The summed E-state index contributed by atoms with van der Waals surface area (Å²) in [6.07, 6.45) is -5.05. The van der Waals surface area contributed by atoms with Crippen LogP contribution in [0.3, 0.4) is 0 Å². The first-order valence-corrected chi connectivity index (χ1v) is 7.67. The molecular formula is C12H11F4NO4S. The van der Waals surface area contributed by atoms with E-state index >= 15 is 0 Å². The minimum atomic E-state index is -4.86. The van der Waals surface area contributed by atoms with Gasteiger partial charge in [-0.15, -0.1) is 17.1 Å². The summed E-state index contributed by atoms with van der Waals surface area (Å²) in [5.41, 5.74) is 0.130. The molecule has 1 aliphatic rings. The van der Waals surface area contributed by atoms with Gasteiger partial charge in [0.1, 0.15) is 5.75 Å². The summed E-state index contributed by atoms with van der Waals surface area (Å²) in [6.45, 7) is -0.0859. The highest BCUT2D eigenvalue weighted by atomic mass is 32.3. The molecule has 1 atom stereocenters. The van der Waals surface area contributed by atoms with Gasteiger partial charge in [-0.1, -0.05) is 6.07 Å². The molecule has 1 amide bonds. The van der Waals surface area contributed by atoms with E-state index in [2.05, 4.69) is 4.74 Å². The number of carbonyl (C=O) groups is 1. The Labute approximate surface area is 123 Å². The number of carbonyl (C=O) groups excluding carboxylic acids is 1. The third kappa shape index (κ3) is 4.58. The molecule has 22 heavy (non-hydrogen) atoms. The van der Waals surface area contributed by atoms with Gasteiger partial charge in [0.2, 0.25) is 5.91 Å². The highest BCUT2D eigenvalue weighted by molar-refractivity contribution is 7.86. The molecule has 1 aromatic rings. The number of alkyl halides is 3. The van der Waals surface area contributed by atoms with Crippen molar-refractivity contribution in [3.63, 3.8) is 0 Å². The maximum atomic E-state index is 12.6. The van der Waals surface area contributed by atoms with Crippen LogP contribution in [0.2, 0.25) is 0 Å². The van der Waals surface area contributed by atoms with Gasteiger partial charge in [-0.25, -0.2) is 0 Å². The minimum Gasteiger partial charge on any atom is -0.406 e. The van der Waals surface area contributed by atoms with Crippen molar-refractivity contribution < 1.29 is 35.0 Å². The Morgan fingerprint density at radius 3 is 2.59 bits per heavy atom. The van der Waals surface area contributed by atoms with Crippen LogP contribution < -0.4 is 9.64 Å². The average molecular weight is 341 g/mol. The maximum absolute atomic E-state index is 12.6. The summed E-state index contributed by atoms with van der Waals surface area (Å²) in [5.74, 6) is -2.53. The summed E-state index contributed by atoms with van der Waals surface area (Å²) < 4.78 is 74.1. The van der Waals surface area contributed by atoms with Gasteiger partial charge in [0, 0.05) is 30.6 Å². The van der Waals surface area contributed by atoms with E-state index in [-0.39, 0.29) is 18.7 Å². The van der Waals surface area contributed by atoms with Crippen molar-refractivity contribution in [2.45, 2.75) is 12.8 Å². The van der Waals surface area contributed by atoms with E-state index in [9.17, 15) is 30.3 Å². The third-order valence-electron chi connectivity index (χ3n) is 3.00. The monoisotopic (exact) mass is 341 g/mol. The van der Waals surface area contributed by atoms with Crippen LogP contribution in [0.5, 0.6) is 5.75 Å². The molecule has 0 bridgehead atoms. The zero-order valence-electron chi connectivity index (χ0n) is 11.0. The van der Waals surface area contributed by atoms with Crippen molar-refractivity contribution >= 4 is 21.8 Å². The van der Waals surface area contributed by atoms with E-state index in [0.717, 1.165) is 17.0 Å². The molecule has 10 heteroatoms. The lowest BCUT2D eigenvalue weighted by atomic mass is 10.1. The van der Waals surface area contributed by atoms with Gasteiger partial charge in [0.15, 0.2) is 0 Å². The highest BCUT2D eigenvalue weighted by Gasteiger charge is 2.35. The number of halogens is 4. The smallest absolute Gasteiger partial charge is 0.406 e. The van der Waals surface area contributed by atoms with Gasteiger partial charge in [-0.3, -0.25) is 4.79 Å². The van der Waals surface area contributed by atoms with Crippen molar-refractivity contribution in [3.05, 3.63) is 24.3 Å². The standard InChI is InChI=1S/C12H11F4NO4S/c13-12(14,15)21-10-3-1-2-9(5-10)17-6-8(4-11(17)18)7-22(16,19)20/h1-3,5,8H,4,6-7H2. The Hall–Kier alpha value is -1.84. The zero-order valence-corrected chi connectivity index (χ0v) is 11.8. The Balaban J connectivity index is 2.15. The summed E-state index contributed by atoms with van der Waals surface area (Å²) in [7, 11) is -4.72. The molecule has 0 saturated carbocycles. The number of hydrogen-bond acceptors (Lipinski definition) is 4. The maximum Gasteiger partial charge on any atom is 0.573 e. The van der Waals surface area contributed by atoms with Crippen molar-refractivity contribution in [3.8, 4) is 5.75 Å². The summed E-state index contributed by atoms with van der Waals surface area (Å²) in [6, 6.07) is 4.73. The molecule has 1 saturated heterocycles. The number of amides is 1. The average Bonchev–Trinajstić information content (AvgIpc) is 2.65. The third-order valence-corrected chi connectivity index (χ3v) is 3.87. The van der Waals surface area contributed by atoms with Gasteiger partial charge >= 0.3 is 16.6 Å². The van der Waals surface area contributed by atoms with Crippen molar-refractivity contribution in [2.24, 2.45) is 5.92 Å². The molecule has 5 nitrogen and oxygen atoms in total. The van der Waals surface area contributed by atoms with E-state index in [4.69, 9.17) is 0 Å². The minimum absolute atomic E-state index is 0.0859. The van der Waals surface area contributed by atoms with E-state index in [1.807, 2.05) is 0 Å². The summed E-state index contributed by atoms with van der Waals surface area (Å²) in [4.78, 5) is 12.9. The van der Waals surface area contributed by atoms with Gasteiger partial charge < -0.3 is 9.64 Å². The van der Waals surface area contributed by atoms with Crippen LogP contribution in [-0.2, 0) is 15.0 Å². The number of rotatable bonds is 4. The van der Waals surface area contributed by atoms with E-state index in [1.165, 1.54) is 12.1 Å². The molecular weight excluding hydrogens is 330 g/mol. The van der Waals surface area contributed by atoms with Crippen LogP contribution in [0.1, 0.15) is 6.42 Å². The molecule has 0 N–H and O–H groups in total. The Kier molecular flexibility index (Phi) is 4.32. The van der Waals surface area contributed by atoms with Crippen molar-refractivity contribution in [1.82, 2.24) is 0 Å². The molecule has 1 aliphatic heterocycles. The van der Waals surface area contributed by atoms with Crippen molar-refractivity contribution in [2.75, 3.05) is 17.2 Å². The normalized spacial score (nSPS) is 19.5. The Morgan fingerprint density at radius 1 is 1.32 bits per heavy atom. The Morgan fingerprint density at radius 2 is 2.00 bits per heavy atom. The van der Waals surface area contributed by atoms with Gasteiger partial charge in [-0.05, 0) is 12.1 Å². The number of hydrogen-bond donors (Lipinski definition) is 0.